The average Bonchev–Trinajstić information content (AvgIpc) is 3.42. The van der Waals surface area contributed by atoms with E-state index in [0.717, 1.165) is 5.56 Å². The molecule has 1 fully saturated rings. The van der Waals surface area contributed by atoms with Gasteiger partial charge in [0.25, 0.3) is 0 Å². The van der Waals surface area contributed by atoms with E-state index in [9.17, 15) is 14.9 Å². The quantitative estimate of drug-likeness (QED) is 0.340. The molecule has 0 amide bonds. The molecule has 1 unspecified atom stereocenters. The predicted octanol–water partition coefficient (Wildman–Crippen LogP) is 3.90. The molecule has 1 atom stereocenters. The van der Waals surface area contributed by atoms with E-state index in [1.165, 1.54) is 18.2 Å². The SMILES string of the molecule is CC(C)(C)c1ccc(C(=O)c2ccc([N+](=O)[O-])c(OCC3CO3)c2)cc1. The molecule has 0 aromatic heterocycles. The Morgan fingerprint density at radius 1 is 1.19 bits per heavy atom. The molecule has 0 aliphatic carbocycles. The van der Waals surface area contributed by atoms with Crippen molar-refractivity contribution in [1.29, 1.82) is 0 Å². The fraction of sp³-hybridized carbons (Fsp3) is 0.350. The first-order valence-corrected chi connectivity index (χ1v) is 8.44. The summed E-state index contributed by atoms with van der Waals surface area (Å²) in [6, 6.07) is 11.6. The fourth-order valence-electron chi connectivity index (χ4n) is 2.56. The highest BCUT2D eigenvalue weighted by molar-refractivity contribution is 6.09. The lowest BCUT2D eigenvalue weighted by Gasteiger charge is -2.19. The molecule has 2 aromatic carbocycles. The van der Waals surface area contributed by atoms with E-state index in [1.54, 1.807) is 12.1 Å². The third-order valence-electron chi connectivity index (χ3n) is 4.26. The van der Waals surface area contributed by atoms with E-state index in [1.807, 2.05) is 12.1 Å². The van der Waals surface area contributed by atoms with E-state index < -0.39 is 4.92 Å². The van der Waals surface area contributed by atoms with Crippen molar-refractivity contribution in [3.8, 4) is 5.75 Å². The van der Waals surface area contributed by atoms with Gasteiger partial charge in [-0.2, -0.15) is 0 Å². The molecule has 26 heavy (non-hydrogen) atoms. The Balaban J connectivity index is 1.86. The van der Waals surface area contributed by atoms with Gasteiger partial charge in [0.15, 0.2) is 11.5 Å². The van der Waals surface area contributed by atoms with Crippen LogP contribution in [-0.4, -0.2) is 30.0 Å². The number of benzene rings is 2. The van der Waals surface area contributed by atoms with E-state index in [4.69, 9.17) is 9.47 Å². The predicted molar refractivity (Wildman–Crippen MR) is 96.9 cm³/mol. The molecule has 0 saturated carbocycles. The van der Waals surface area contributed by atoms with Gasteiger partial charge in [-0.15, -0.1) is 0 Å². The number of ketones is 1. The third kappa shape index (κ3) is 4.08. The minimum absolute atomic E-state index is 0.000821. The number of nitro groups is 1. The second kappa shape index (κ2) is 6.88. The molecule has 1 saturated heterocycles. The van der Waals surface area contributed by atoms with Gasteiger partial charge in [0, 0.05) is 17.2 Å². The highest BCUT2D eigenvalue weighted by atomic mass is 16.6. The molecule has 0 spiro atoms. The van der Waals surface area contributed by atoms with Gasteiger partial charge in [-0.05, 0) is 23.1 Å². The zero-order chi connectivity index (χ0) is 18.9. The van der Waals surface area contributed by atoms with E-state index >= 15 is 0 Å². The second-order valence-electron chi connectivity index (χ2n) is 7.36. The van der Waals surface area contributed by atoms with Crippen LogP contribution in [0.25, 0.3) is 0 Å². The van der Waals surface area contributed by atoms with Crippen LogP contribution >= 0.6 is 0 Å². The van der Waals surface area contributed by atoms with E-state index in [0.29, 0.717) is 17.7 Å². The Morgan fingerprint density at radius 3 is 2.35 bits per heavy atom. The van der Waals surface area contributed by atoms with Crippen molar-refractivity contribution < 1.29 is 19.2 Å². The topological polar surface area (TPSA) is 82.0 Å². The summed E-state index contributed by atoms with van der Waals surface area (Å²) in [5.74, 6) is -0.115. The van der Waals surface area contributed by atoms with Crippen molar-refractivity contribution in [2.24, 2.45) is 0 Å². The Hall–Kier alpha value is -2.73. The Labute approximate surface area is 151 Å². The van der Waals surface area contributed by atoms with Gasteiger partial charge in [0.05, 0.1) is 11.5 Å². The van der Waals surface area contributed by atoms with Crippen molar-refractivity contribution in [3.05, 3.63) is 69.3 Å². The Bertz CT molecular complexity index is 832. The molecule has 0 radical (unpaired) electrons. The summed E-state index contributed by atoms with van der Waals surface area (Å²) in [7, 11) is 0. The number of hydrogen-bond donors (Lipinski definition) is 0. The van der Waals surface area contributed by atoms with Crippen LogP contribution in [0.3, 0.4) is 0 Å². The molecule has 3 rings (SSSR count). The van der Waals surface area contributed by atoms with Crippen molar-refractivity contribution >= 4 is 11.5 Å². The number of carbonyl (C=O) groups is 1. The van der Waals surface area contributed by atoms with Crippen LogP contribution in [0.1, 0.15) is 42.3 Å². The summed E-state index contributed by atoms with van der Waals surface area (Å²) < 4.78 is 10.5. The minimum atomic E-state index is -0.518. The van der Waals surface area contributed by atoms with Crippen molar-refractivity contribution in [3.63, 3.8) is 0 Å². The molecular weight excluding hydrogens is 334 g/mol. The molecule has 6 nitrogen and oxygen atoms in total. The van der Waals surface area contributed by atoms with Gasteiger partial charge in [0.1, 0.15) is 12.7 Å². The Kier molecular flexibility index (Phi) is 4.78. The fourth-order valence-corrected chi connectivity index (χ4v) is 2.56. The maximum absolute atomic E-state index is 12.7. The number of rotatable bonds is 6. The molecule has 2 aromatic rings. The lowest BCUT2D eigenvalue weighted by Crippen LogP contribution is -2.11. The van der Waals surface area contributed by atoms with Gasteiger partial charge in [-0.25, -0.2) is 0 Å². The lowest BCUT2D eigenvalue weighted by molar-refractivity contribution is -0.385. The van der Waals surface area contributed by atoms with Gasteiger partial charge >= 0.3 is 5.69 Å². The summed E-state index contributed by atoms with van der Waals surface area (Å²) in [5.41, 5.74) is 1.85. The number of carbonyl (C=O) groups excluding carboxylic acids is 1. The first kappa shape index (κ1) is 18.1. The average molecular weight is 355 g/mol. The van der Waals surface area contributed by atoms with Gasteiger partial charge in [-0.3, -0.25) is 14.9 Å². The number of ether oxygens (including phenoxy) is 2. The molecule has 6 heteroatoms. The molecule has 0 N–H and O–H groups in total. The van der Waals surface area contributed by atoms with Gasteiger partial charge < -0.3 is 9.47 Å². The van der Waals surface area contributed by atoms with Crippen LogP contribution in [0.5, 0.6) is 5.75 Å². The summed E-state index contributed by atoms with van der Waals surface area (Å²) >= 11 is 0. The van der Waals surface area contributed by atoms with E-state index in [2.05, 4.69) is 20.8 Å². The van der Waals surface area contributed by atoms with Crippen molar-refractivity contribution in [1.82, 2.24) is 0 Å². The van der Waals surface area contributed by atoms with E-state index in [-0.39, 0.29) is 35.3 Å². The van der Waals surface area contributed by atoms with Crippen LogP contribution in [0, 0.1) is 10.1 Å². The van der Waals surface area contributed by atoms with Gasteiger partial charge in [0.2, 0.25) is 0 Å². The molecule has 0 bridgehead atoms. The van der Waals surface area contributed by atoms with Crippen molar-refractivity contribution in [2.75, 3.05) is 13.2 Å². The van der Waals surface area contributed by atoms with Crippen molar-refractivity contribution in [2.45, 2.75) is 32.3 Å². The number of hydrogen-bond acceptors (Lipinski definition) is 5. The molecular formula is C20H21NO5. The third-order valence-corrected chi connectivity index (χ3v) is 4.26. The number of nitro benzene ring substituents is 1. The summed E-state index contributed by atoms with van der Waals surface area (Å²) in [6.07, 6.45) is -0.0288. The second-order valence-corrected chi connectivity index (χ2v) is 7.36. The molecule has 1 aliphatic rings. The highest BCUT2D eigenvalue weighted by Crippen LogP contribution is 2.30. The number of epoxide rings is 1. The maximum Gasteiger partial charge on any atom is 0.310 e. The first-order chi connectivity index (χ1) is 12.3. The smallest absolute Gasteiger partial charge is 0.310 e. The highest BCUT2D eigenvalue weighted by Gasteiger charge is 2.26. The zero-order valence-electron chi connectivity index (χ0n) is 15.0. The van der Waals surface area contributed by atoms with Crippen LogP contribution in [0.15, 0.2) is 42.5 Å². The Morgan fingerprint density at radius 2 is 1.81 bits per heavy atom. The molecule has 1 aliphatic heterocycles. The normalized spacial score (nSPS) is 16.2. The van der Waals surface area contributed by atoms with Crippen LogP contribution < -0.4 is 4.74 Å². The standard InChI is InChI=1S/C20H21NO5/c1-20(2,3)15-7-4-13(5-8-15)19(22)14-6-9-17(21(23)24)18(10-14)26-12-16-11-25-16/h4-10,16H,11-12H2,1-3H3. The first-order valence-electron chi connectivity index (χ1n) is 8.44. The van der Waals surface area contributed by atoms with Crippen LogP contribution in [-0.2, 0) is 10.2 Å². The lowest BCUT2D eigenvalue weighted by atomic mass is 9.86. The zero-order valence-corrected chi connectivity index (χ0v) is 15.0. The molecule has 1 heterocycles. The summed E-state index contributed by atoms with van der Waals surface area (Å²) in [4.78, 5) is 23.4. The summed E-state index contributed by atoms with van der Waals surface area (Å²) in [5, 5.41) is 11.2. The molecule has 136 valence electrons. The minimum Gasteiger partial charge on any atom is -0.484 e. The largest absolute Gasteiger partial charge is 0.484 e. The van der Waals surface area contributed by atoms with Crippen LogP contribution in [0.2, 0.25) is 0 Å². The van der Waals surface area contributed by atoms with Gasteiger partial charge in [-0.1, -0.05) is 45.0 Å². The van der Waals surface area contributed by atoms with Crippen LogP contribution in [0.4, 0.5) is 5.69 Å². The summed E-state index contributed by atoms with van der Waals surface area (Å²) in [6.45, 7) is 7.14. The number of nitrogens with zero attached hydrogens (tertiary/aromatic N) is 1. The monoisotopic (exact) mass is 355 g/mol. The maximum atomic E-state index is 12.7.